The van der Waals surface area contributed by atoms with Crippen molar-refractivity contribution in [1.82, 2.24) is 20.1 Å². The van der Waals surface area contributed by atoms with Gasteiger partial charge in [-0.25, -0.2) is 4.98 Å². The fourth-order valence-electron chi connectivity index (χ4n) is 4.33. The molecule has 0 bridgehead atoms. The Morgan fingerprint density at radius 3 is 2.57 bits per heavy atom. The molecule has 158 valence electrons. The number of hydrogen-bond donors (Lipinski definition) is 1. The number of aromatic amines is 1. The molecule has 1 N–H and O–H groups in total. The van der Waals surface area contributed by atoms with E-state index in [1.54, 1.807) is 11.8 Å². The number of para-hydroxylation sites is 1. The number of aromatic nitrogens is 3. The van der Waals surface area contributed by atoms with Crippen LogP contribution in [0.3, 0.4) is 0 Å². The lowest BCUT2D eigenvalue weighted by Crippen LogP contribution is -2.39. The van der Waals surface area contributed by atoms with Crippen molar-refractivity contribution in [2.45, 2.75) is 55.3 Å². The molecule has 8 heteroatoms. The lowest BCUT2D eigenvalue weighted by atomic mass is 9.96. The standard InChI is InChI=1S/C22H27N5O2S/c28-19(7-8-20(29)27-13-14-30-18-4-2-1-3-17(18)27)26-11-9-16(10-12-26)22-23-21(24-25-22)15-5-6-15/h1-4,15-16H,5-14H2,(H,23,24,25). The number of piperidine rings is 1. The zero-order valence-electron chi connectivity index (χ0n) is 17.0. The summed E-state index contributed by atoms with van der Waals surface area (Å²) in [4.78, 5) is 35.0. The third kappa shape index (κ3) is 4.10. The molecule has 2 aliphatic heterocycles. The van der Waals surface area contributed by atoms with Crippen LogP contribution in [0.5, 0.6) is 0 Å². The molecule has 1 saturated carbocycles. The molecule has 2 amide bonds. The van der Waals surface area contributed by atoms with E-state index in [1.807, 2.05) is 28.0 Å². The second-order valence-corrected chi connectivity index (χ2v) is 9.51. The lowest BCUT2D eigenvalue weighted by Gasteiger charge is -2.32. The Balaban J connectivity index is 1.11. The number of rotatable bonds is 5. The summed E-state index contributed by atoms with van der Waals surface area (Å²) >= 11 is 1.78. The van der Waals surface area contributed by atoms with E-state index < -0.39 is 0 Å². The van der Waals surface area contributed by atoms with Crippen LogP contribution in [0.1, 0.15) is 62.0 Å². The summed E-state index contributed by atoms with van der Waals surface area (Å²) in [5, 5.41) is 7.47. The van der Waals surface area contributed by atoms with Gasteiger partial charge in [-0.3, -0.25) is 14.7 Å². The Morgan fingerprint density at radius 2 is 1.77 bits per heavy atom. The van der Waals surface area contributed by atoms with E-state index >= 15 is 0 Å². The molecule has 0 atom stereocenters. The van der Waals surface area contributed by atoms with Gasteiger partial charge in [-0.2, -0.15) is 5.10 Å². The first kappa shape index (κ1) is 19.6. The maximum atomic E-state index is 12.8. The van der Waals surface area contributed by atoms with Crippen LogP contribution in [0.25, 0.3) is 0 Å². The van der Waals surface area contributed by atoms with Gasteiger partial charge in [0.1, 0.15) is 5.82 Å². The van der Waals surface area contributed by atoms with Crippen LogP contribution in [0, 0.1) is 0 Å². The second kappa shape index (κ2) is 8.41. The number of thioether (sulfide) groups is 1. The van der Waals surface area contributed by atoms with Gasteiger partial charge in [-0.05, 0) is 37.8 Å². The van der Waals surface area contributed by atoms with Crippen molar-refractivity contribution >= 4 is 29.3 Å². The highest BCUT2D eigenvalue weighted by Gasteiger charge is 2.31. The highest BCUT2D eigenvalue weighted by atomic mass is 32.2. The minimum Gasteiger partial charge on any atom is -0.343 e. The van der Waals surface area contributed by atoms with Gasteiger partial charge in [0.05, 0.1) is 5.69 Å². The molecular weight excluding hydrogens is 398 g/mol. The smallest absolute Gasteiger partial charge is 0.227 e. The van der Waals surface area contributed by atoms with E-state index in [1.165, 1.54) is 12.8 Å². The van der Waals surface area contributed by atoms with Crippen molar-refractivity contribution in [3.8, 4) is 0 Å². The number of benzene rings is 1. The van der Waals surface area contributed by atoms with Crippen LogP contribution < -0.4 is 4.90 Å². The van der Waals surface area contributed by atoms with Crippen molar-refractivity contribution in [1.29, 1.82) is 0 Å². The zero-order chi connectivity index (χ0) is 20.5. The predicted octanol–water partition coefficient (Wildman–Crippen LogP) is 3.31. The van der Waals surface area contributed by atoms with E-state index in [2.05, 4.69) is 21.2 Å². The van der Waals surface area contributed by atoms with E-state index in [9.17, 15) is 9.59 Å². The Labute approximate surface area is 180 Å². The molecule has 1 saturated heterocycles. The molecule has 1 aliphatic carbocycles. The SMILES string of the molecule is O=C(CCC(=O)N1CCSc2ccccc21)N1CCC(c2nc(C3CC3)n[nH]2)CC1. The van der Waals surface area contributed by atoms with Crippen molar-refractivity contribution < 1.29 is 9.59 Å². The summed E-state index contributed by atoms with van der Waals surface area (Å²) in [6, 6.07) is 8.00. The lowest BCUT2D eigenvalue weighted by molar-refractivity contribution is -0.134. The Hall–Kier alpha value is -2.35. The molecule has 0 spiro atoms. The normalized spacial score (nSPS) is 19.6. The second-order valence-electron chi connectivity index (χ2n) is 8.37. The van der Waals surface area contributed by atoms with Crippen LogP contribution in [-0.4, -0.2) is 57.3 Å². The van der Waals surface area contributed by atoms with E-state index in [-0.39, 0.29) is 24.7 Å². The maximum absolute atomic E-state index is 12.8. The summed E-state index contributed by atoms with van der Waals surface area (Å²) in [5.41, 5.74) is 0.977. The Bertz CT molecular complexity index is 933. The number of H-pyrrole nitrogens is 1. The predicted molar refractivity (Wildman–Crippen MR) is 116 cm³/mol. The fourth-order valence-corrected chi connectivity index (χ4v) is 5.33. The first-order valence-electron chi connectivity index (χ1n) is 10.9. The van der Waals surface area contributed by atoms with Crippen molar-refractivity contribution in [3.05, 3.63) is 35.9 Å². The number of carbonyl (C=O) groups is 2. The summed E-state index contributed by atoms with van der Waals surface area (Å²) in [5.74, 6) is 3.85. The van der Waals surface area contributed by atoms with Crippen LogP contribution in [0.4, 0.5) is 5.69 Å². The first-order valence-corrected chi connectivity index (χ1v) is 11.9. The minimum atomic E-state index is 0.0419. The average Bonchev–Trinajstić information content (AvgIpc) is 3.53. The number of anilines is 1. The summed E-state index contributed by atoms with van der Waals surface area (Å²) in [7, 11) is 0. The molecule has 3 heterocycles. The molecule has 30 heavy (non-hydrogen) atoms. The maximum Gasteiger partial charge on any atom is 0.227 e. The van der Waals surface area contributed by atoms with Gasteiger partial charge in [0.25, 0.3) is 0 Å². The molecule has 0 unspecified atom stereocenters. The van der Waals surface area contributed by atoms with Crippen LogP contribution in [0.15, 0.2) is 29.2 Å². The number of likely N-dealkylation sites (tertiary alicyclic amines) is 1. The third-order valence-electron chi connectivity index (χ3n) is 6.28. The number of carbonyl (C=O) groups excluding carboxylic acids is 2. The van der Waals surface area contributed by atoms with Crippen molar-refractivity contribution in [3.63, 3.8) is 0 Å². The Kier molecular flexibility index (Phi) is 5.50. The molecule has 5 rings (SSSR count). The zero-order valence-corrected chi connectivity index (χ0v) is 17.9. The molecule has 2 fully saturated rings. The Morgan fingerprint density at radius 1 is 1.00 bits per heavy atom. The molecule has 2 aromatic rings. The molecule has 3 aliphatic rings. The van der Waals surface area contributed by atoms with Gasteiger partial charge >= 0.3 is 0 Å². The monoisotopic (exact) mass is 425 g/mol. The van der Waals surface area contributed by atoms with E-state index in [0.717, 1.165) is 53.9 Å². The van der Waals surface area contributed by atoms with E-state index in [0.29, 0.717) is 18.4 Å². The first-order chi connectivity index (χ1) is 14.7. The van der Waals surface area contributed by atoms with Gasteiger partial charge in [-0.1, -0.05) is 12.1 Å². The van der Waals surface area contributed by atoms with Gasteiger partial charge < -0.3 is 9.80 Å². The topological polar surface area (TPSA) is 82.2 Å². The number of fused-ring (bicyclic) bond motifs is 1. The number of hydrogen-bond acceptors (Lipinski definition) is 5. The highest BCUT2D eigenvalue weighted by molar-refractivity contribution is 7.99. The number of amides is 2. The van der Waals surface area contributed by atoms with Crippen molar-refractivity contribution in [2.75, 3.05) is 30.3 Å². The summed E-state index contributed by atoms with van der Waals surface area (Å²) in [6.45, 7) is 2.15. The fraction of sp³-hybridized carbons (Fsp3) is 0.545. The molecule has 1 aromatic heterocycles. The molecular formula is C22H27N5O2S. The highest BCUT2D eigenvalue weighted by Crippen LogP contribution is 2.39. The number of nitrogens with zero attached hydrogens (tertiary/aromatic N) is 4. The number of nitrogens with one attached hydrogen (secondary N) is 1. The van der Waals surface area contributed by atoms with Gasteiger partial charge in [0.15, 0.2) is 5.82 Å². The molecule has 1 aromatic carbocycles. The third-order valence-corrected chi connectivity index (χ3v) is 7.32. The van der Waals surface area contributed by atoms with E-state index in [4.69, 9.17) is 0 Å². The van der Waals surface area contributed by atoms with Gasteiger partial charge in [0.2, 0.25) is 11.8 Å². The summed E-state index contributed by atoms with van der Waals surface area (Å²) in [6.07, 6.45) is 4.75. The van der Waals surface area contributed by atoms with Crippen LogP contribution in [0.2, 0.25) is 0 Å². The summed E-state index contributed by atoms with van der Waals surface area (Å²) < 4.78 is 0. The van der Waals surface area contributed by atoms with Gasteiger partial charge in [0, 0.05) is 55.0 Å². The minimum absolute atomic E-state index is 0.0419. The van der Waals surface area contributed by atoms with Crippen LogP contribution in [-0.2, 0) is 9.59 Å². The molecule has 0 radical (unpaired) electrons. The van der Waals surface area contributed by atoms with Crippen LogP contribution >= 0.6 is 11.8 Å². The van der Waals surface area contributed by atoms with Crippen molar-refractivity contribution in [2.24, 2.45) is 0 Å². The van der Waals surface area contributed by atoms with Gasteiger partial charge in [-0.15, -0.1) is 11.8 Å². The molecule has 7 nitrogen and oxygen atoms in total. The largest absolute Gasteiger partial charge is 0.343 e. The average molecular weight is 426 g/mol. The quantitative estimate of drug-likeness (QED) is 0.795.